The maximum atomic E-state index is 11.9. The smallest absolute Gasteiger partial charge is 0.249 e. The van der Waals surface area contributed by atoms with Crippen molar-refractivity contribution in [1.82, 2.24) is 14.5 Å². The Morgan fingerprint density at radius 1 is 1.13 bits per heavy atom. The molecular weight excluding hydrogens is 388 g/mol. The van der Waals surface area contributed by atoms with E-state index < -0.39 is 5.91 Å². The molecule has 5 N–H and O–H groups in total. The third-order valence-electron chi connectivity index (χ3n) is 5.83. The zero-order chi connectivity index (χ0) is 21.5. The van der Waals surface area contributed by atoms with Crippen molar-refractivity contribution in [2.75, 3.05) is 11.1 Å². The molecule has 0 unspecified atom stereocenters. The number of hydrogen-bond acceptors (Lipinski definition) is 5. The summed E-state index contributed by atoms with van der Waals surface area (Å²) >= 11 is 0. The second-order valence-corrected chi connectivity index (χ2v) is 7.97. The summed E-state index contributed by atoms with van der Waals surface area (Å²) in [5, 5.41) is 4.30. The average molecular weight is 412 g/mol. The Balaban J connectivity index is 1.60. The number of nitrogens with one attached hydrogen (secondary N) is 1. The Labute approximate surface area is 180 Å². The van der Waals surface area contributed by atoms with Gasteiger partial charge in [-0.05, 0) is 62.1 Å². The molecule has 0 saturated carbocycles. The minimum absolute atomic E-state index is 0.442. The number of amides is 1. The summed E-state index contributed by atoms with van der Waals surface area (Å²) in [5.74, 6) is 1.01. The number of nitrogens with zero attached hydrogens (tertiary/aromatic N) is 3. The summed E-state index contributed by atoms with van der Waals surface area (Å²) in [6, 6.07) is 15.3. The monoisotopic (exact) mass is 412 g/mol. The molecular formula is C24H24N6O. The van der Waals surface area contributed by atoms with E-state index in [0.29, 0.717) is 18.1 Å². The largest absolute Gasteiger partial charge is 0.399 e. The van der Waals surface area contributed by atoms with Crippen molar-refractivity contribution in [3.8, 4) is 5.95 Å². The number of aryl methyl sites for hydroxylation is 2. The van der Waals surface area contributed by atoms with Crippen LogP contribution in [0.5, 0.6) is 0 Å². The topological polar surface area (TPSA) is 112 Å². The molecule has 4 aromatic rings. The molecule has 0 atom stereocenters. The maximum absolute atomic E-state index is 11.9. The zero-order valence-electron chi connectivity index (χ0n) is 17.4. The van der Waals surface area contributed by atoms with Gasteiger partial charge in [-0.15, -0.1) is 0 Å². The summed E-state index contributed by atoms with van der Waals surface area (Å²) in [4.78, 5) is 21.7. The second kappa shape index (κ2) is 7.43. The number of fused-ring (bicyclic) bond motifs is 2. The molecule has 2 aromatic heterocycles. The Morgan fingerprint density at radius 3 is 2.77 bits per heavy atom. The van der Waals surface area contributed by atoms with Gasteiger partial charge in [0.05, 0.1) is 11.2 Å². The number of benzene rings is 2. The van der Waals surface area contributed by atoms with Gasteiger partial charge in [0.25, 0.3) is 0 Å². The first-order chi connectivity index (χ1) is 15.0. The van der Waals surface area contributed by atoms with Gasteiger partial charge in [0.15, 0.2) is 0 Å². The third kappa shape index (κ3) is 3.38. The van der Waals surface area contributed by atoms with Gasteiger partial charge >= 0.3 is 0 Å². The van der Waals surface area contributed by atoms with Crippen LogP contribution in [0, 0.1) is 6.92 Å². The minimum Gasteiger partial charge on any atom is -0.399 e. The molecule has 1 amide bonds. The lowest BCUT2D eigenvalue weighted by atomic mass is 10.1. The lowest BCUT2D eigenvalue weighted by Gasteiger charge is -2.14. The summed E-state index contributed by atoms with van der Waals surface area (Å²) in [5.41, 5.74) is 17.9. The van der Waals surface area contributed by atoms with Crippen molar-refractivity contribution in [2.45, 2.75) is 32.7 Å². The normalized spacial score (nSPS) is 12.8. The highest BCUT2D eigenvalue weighted by molar-refractivity contribution is 6.06. The van der Waals surface area contributed by atoms with Crippen molar-refractivity contribution < 1.29 is 4.79 Å². The quantitative estimate of drug-likeness (QED) is 0.434. The van der Waals surface area contributed by atoms with E-state index in [1.807, 2.05) is 54.0 Å². The van der Waals surface area contributed by atoms with E-state index in [1.165, 1.54) is 5.56 Å². The van der Waals surface area contributed by atoms with Crippen molar-refractivity contribution >= 4 is 28.3 Å². The first kappa shape index (κ1) is 19.1. The van der Waals surface area contributed by atoms with Gasteiger partial charge in [0.2, 0.25) is 11.9 Å². The molecule has 5 rings (SSSR count). The molecule has 0 aliphatic heterocycles. The number of primary amides is 1. The van der Waals surface area contributed by atoms with E-state index >= 15 is 0 Å². The Kier molecular flexibility index (Phi) is 4.58. The zero-order valence-corrected chi connectivity index (χ0v) is 17.4. The van der Waals surface area contributed by atoms with Gasteiger partial charge in [-0.2, -0.15) is 4.98 Å². The van der Waals surface area contributed by atoms with Crippen molar-refractivity contribution in [2.24, 2.45) is 5.73 Å². The van der Waals surface area contributed by atoms with Crippen LogP contribution in [0.3, 0.4) is 0 Å². The molecule has 7 heteroatoms. The van der Waals surface area contributed by atoms with Crippen LogP contribution in [0.2, 0.25) is 0 Å². The van der Waals surface area contributed by atoms with E-state index in [4.69, 9.17) is 21.4 Å². The fourth-order valence-corrected chi connectivity index (χ4v) is 4.40. The molecule has 2 aromatic carbocycles. The van der Waals surface area contributed by atoms with Gasteiger partial charge in [0.1, 0.15) is 5.82 Å². The van der Waals surface area contributed by atoms with Gasteiger partial charge < -0.3 is 16.8 Å². The first-order valence-electron chi connectivity index (χ1n) is 10.4. The molecule has 2 heterocycles. The summed E-state index contributed by atoms with van der Waals surface area (Å²) in [6.07, 6.45) is 2.96. The molecule has 1 aliphatic carbocycles. The van der Waals surface area contributed by atoms with Gasteiger partial charge in [0, 0.05) is 34.4 Å². The number of nitrogen functional groups attached to an aromatic ring is 1. The van der Waals surface area contributed by atoms with Crippen LogP contribution in [0.25, 0.3) is 16.9 Å². The fraction of sp³-hybridized carbons (Fsp3) is 0.208. The lowest BCUT2D eigenvalue weighted by molar-refractivity contribution is 0.100. The minimum atomic E-state index is -0.442. The molecule has 31 heavy (non-hydrogen) atoms. The number of anilines is 2. The van der Waals surface area contributed by atoms with Gasteiger partial charge in [-0.3, -0.25) is 9.36 Å². The molecule has 156 valence electrons. The number of carbonyl (C=O) groups is 1. The van der Waals surface area contributed by atoms with Gasteiger partial charge in [-0.1, -0.05) is 18.2 Å². The molecule has 7 nitrogen and oxygen atoms in total. The van der Waals surface area contributed by atoms with Crippen LogP contribution >= 0.6 is 0 Å². The van der Waals surface area contributed by atoms with E-state index in [2.05, 4.69) is 5.32 Å². The molecule has 0 spiro atoms. The van der Waals surface area contributed by atoms with Crippen LogP contribution in [0.4, 0.5) is 11.5 Å². The average Bonchev–Trinajstić information content (AvgIpc) is 3.35. The Hall–Kier alpha value is -3.87. The summed E-state index contributed by atoms with van der Waals surface area (Å²) in [6.45, 7) is 2.62. The van der Waals surface area contributed by atoms with Crippen LogP contribution in [-0.2, 0) is 19.4 Å². The van der Waals surface area contributed by atoms with Crippen molar-refractivity contribution in [3.05, 3.63) is 76.6 Å². The summed E-state index contributed by atoms with van der Waals surface area (Å²) in [7, 11) is 0. The fourth-order valence-electron chi connectivity index (χ4n) is 4.40. The highest BCUT2D eigenvalue weighted by atomic mass is 16.1. The number of nitrogens with two attached hydrogens (primary N) is 2. The number of aromatic nitrogens is 3. The Bertz CT molecular complexity index is 1320. The van der Waals surface area contributed by atoms with Crippen molar-refractivity contribution in [3.63, 3.8) is 0 Å². The predicted octanol–water partition coefficient (Wildman–Crippen LogP) is 3.51. The highest BCUT2D eigenvalue weighted by Gasteiger charge is 2.22. The Morgan fingerprint density at radius 2 is 1.97 bits per heavy atom. The standard InChI is InChI=1S/C24H24N6O/c1-14-11-19-17(22(26)31)7-4-10-21(19)30(14)24-28-20-9-3-8-18(20)23(29-24)27-13-15-5-2-6-16(25)12-15/h2,4-7,10-12H,3,8-9,13,25H2,1H3,(H2,26,31)(H,27,28,29). The van der Waals surface area contributed by atoms with E-state index in [1.54, 1.807) is 6.07 Å². The molecule has 0 fully saturated rings. The van der Waals surface area contributed by atoms with Crippen LogP contribution in [-0.4, -0.2) is 20.4 Å². The van der Waals surface area contributed by atoms with Crippen LogP contribution in [0.1, 0.15) is 39.3 Å². The van der Waals surface area contributed by atoms with E-state index in [0.717, 1.165) is 58.6 Å². The van der Waals surface area contributed by atoms with Crippen LogP contribution < -0.4 is 16.8 Å². The number of hydrogen-bond donors (Lipinski definition) is 3. The second-order valence-electron chi connectivity index (χ2n) is 7.97. The molecule has 0 bridgehead atoms. The van der Waals surface area contributed by atoms with E-state index in [-0.39, 0.29) is 0 Å². The van der Waals surface area contributed by atoms with E-state index in [9.17, 15) is 4.79 Å². The third-order valence-corrected chi connectivity index (χ3v) is 5.83. The lowest BCUT2D eigenvalue weighted by Crippen LogP contribution is -2.12. The summed E-state index contributed by atoms with van der Waals surface area (Å²) < 4.78 is 1.99. The predicted molar refractivity (Wildman–Crippen MR) is 122 cm³/mol. The van der Waals surface area contributed by atoms with Crippen molar-refractivity contribution in [1.29, 1.82) is 0 Å². The molecule has 1 aliphatic rings. The maximum Gasteiger partial charge on any atom is 0.249 e. The SMILES string of the molecule is Cc1cc2c(C(N)=O)cccc2n1-c1nc2c(c(NCc3cccc(N)c3)n1)CCC2. The number of carbonyl (C=O) groups excluding carboxylic acids is 1. The molecule has 0 saturated heterocycles. The van der Waals surface area contributed by atoms with Crippen LogP contribution in [0.15, 0.2) is 48.5 Å². The number of rotatable bonds is 5. The van der Waals surface area contributed by atoms with Gasteiger partial charge in [-0.25, -0.2) is 4.98 Å². The molecule has 0 radical (unpaired) electrons. The highest BCUT2D eigenvalue weighted by Crippen LogP contribution is 2.30. The first-order valence-corrected chi connectivity index (χ1v) is 10.4.